The minimum absolute atomic E-state index is 0.00559. The van der Waals surface area contributed by atoms with Crippen molar-refractivity contribution in [2.75, 3.05) is 26.2 Å². The van der Waals surface area contributed by atoms with E-state index in [-0.39, 0.29) is 11.9 Å². The van der Waals surface area contributed by atoms with Gasteiger partial charge in [0.05, 0.1) is 4.90 Å². The Morgan fingerprint density at radius 3 is 2.50 bits per heavy atom. The number of sulfonamides is 1. The maximum absolute atomic E-state index is 12.6. The van der Waals surface area contributed by atoms with Crippen molar-refractivity contribution in [3.8, 4) is 0 Å². The van der Waals surface area contributed by atoms with E-state index in [0.29, 0.717) is 43.9 Å². The van der Waals surface area contributed by atoms with Gasteiger partial charge in [0, 0.05) is 38.6 Å². The normalized spacial score (nSPS) is 18.7. The molecular formula is C15H23N3O3S. The van der Waals surface area contributed by atoms with Crippen LogP contribution in [0.15, 0.2) is 35.2 Å². The molecule has 1 unspecified atom stereocenters. The van der Waals surface area contributed by atoms with Gasteiger partial charge in [-0.3, -0.25) is 4.79 Å². The van der Waals surface area contributed by atoms with Gasteiger partial charge in [0.2, 0.25) is 15.9 Å². The first-order valence-corrected chi connectivity index (χ1v) is 8.94. The molecule has 6 nitrogen and oxygen atoms in total. The van der Waals surface area contributed by atoms with E-state index in [0.717, 1.165) is 0 Å². The third kappa shape index (κ3) is 4.06. The Hall–Kier alpha value is -1.44. The number of hydrogen-bond donors (Lipinski definition) is 1. The molecule has 1 heterocycles. The Morgan fingerprint density at radius 1 is 1.18 bits per heavy atom. The molecule has 0 radical (unpaired) electrons. The van der Waals surface area contributed by atoms with Crippen LogP contribution in [0.3, 0.4) is 0 Å². The number of amides is 1. The summed E-state index contributed by atoms with van der Waals surface area (Å²) in [5.74, 6) is -0.00559. The highest BCUT2D eigenvalue weighted by Crippen LogP contribution is 2.17. The number of rotatable bonds is 4. The second kappa shape index (κ2) is 7.21. The molecule has 1 aliphatic heterocycles. The average Bonchev–Trinajstić information content (AvgIpc) is 2.74. The number of benzene rings is 1. The van der Waals surface area contributed by atoms with Gasteiger partial charge in [0.25, 0.3) is 0 Å². The highest BCUT2D eigenvalue weighted by atomic mass is 32.2. The first-order valence-electron chi connectivity index (χ1n) is 7.50. The molecule has 0 spiro atoms. The van der Waals surface area contributed by atoms with E-state index < -0.39 is 10.0 Å². The van der Waals surface area contributed by atoms with Crippen molar-refractivity contribution in [2.45, 2.75) is 30.7 Å². The SMILES string of the molecule is CC(N)CC(=O)N1CCCN(S(=O)(=O)c2ccccc2)CC1. The van der Waals surface area contributed by atoms with Crippen LogP contribution in [-0.2, 0) is 14.8 Å². The van der Waals surface area contributed by atoms with Crippen LogP contribution in [0.5, 0.6) is 0 Å². The van der Waals surface area contributed by atoms with Crippen molar-refractivity contribution in [3.05, 3.63) is 30.3 Å². The molecule has 2 rings (SSSR count). The quantitative estimate of drug-likeness (QED) is 0.881. The zero-order valence-corrected chi connectivity index (χ0v) is 13.6. The van der Waals surface area contributed by atoms with E-state index in [1.165, 1.54) is 4.31 Å². The molecule has 1 aromatic carbocycles. The van der Waals surface area contributed by atoms with Crippen molar-refractivity contribution < 1.29 is 13.2 Å². The first-order chi connectivity index (χ1) is 10.4. The summed E-state index contributed by atoms with van der Waals surface area (Å²) < 4.78 is 26.7. The van der Waals surface area contributed by atoms with E-state index in [1.54, 1.807) is 42.2 Å². The van der Waals surface area contributed by atoms with Gasteiger partial charge in [0.15, 0.2) is 0 Å². The van der Waals surface area contributed by atoms with E-state index in [1.807, 2.05) is 0 Å². The summed E-state index contributed by atoms with van der Waals surface area (Å²) in [6.07, 6.45) is 0.933. The lowest BCUT2D eigenvalue weighted by Crippen LogP contribution is -2.39. The number of carbonyl (C=O) groups excluding carboxylic acids is 1. The van der Waals surface area contributed by atoms with Gasteiger partial charge >= 0.3 is 0 Å². The fourth-order valence-electron chi connectivity index (χ4n) is 2.53. The molecule has 1 atom stereocenters. The second-order valence-electron chi connectivity index (χ2n) is 5.63. The number of carbonyl (C=O) groups is 1. The lowest BCUT2D eigenvalue weighted by atomic mass is 10.2. The van der Waals surface area contributed by atoms with Crippen molar-refractivity contribution >= 4 is 15.9 Å². The Balaban J connectivity index is 2.06. The molecule has 2 N–H and O–H groups in total. The van der Waals surface area contributed by atoms with Gasteiger partial charge in [-0.2, -0.15) is 4.31 Å². The monoisotopic (exact) mass is 325 g/mol. The van der Waals surface area contributed by atoms with Crippen LogP contribution in [-0.4, -0.2) is 55.8 Å². The number of nitrogens with two attached hydrogens (primary N) is 1. The van der Waals surface area contributed by atoms with Crippen molar-refractivity contribution in [1.82, 2.24) is 9.21 Å². The Morgan fingerprint density at radius 2 is 1.86 bits per heavy atom. The summed E-state index contributed by atoms with van der Waals surface area (Å²) in [4.78, 5) is 14.1. The van der Waals surface area contributed by atoms with Gasteiger partial charge in [0.1, 0.15) is 0 Å². The molecule has 1 amide bonds. The molecule has 122 valence electrons. The molecule has 1 fully saturated rings. The molecule has 22 heavy (non-hydrogen) atoms. The second-order valence-corrected chi connectivity index (χ2v) is 7.57. The summed E-state index contributed by atoms with van der Waals surface area (Å²) in [7, 11) is -3.49. The third-order valence-corrected chi connectivity index (χ3v) is 5.60. The summed E-state index contributed by atoms with van der Waals surface area (Å²) in [5, 5.41) is 0. The average molecular weight is 325 g/mol. The Bertz CT molecular complexity index is 602. The van der Waals surface area contributed by atoms with Gasteiger partial charge < -0.3 is 10.6 Å². The predicted molar refractivity (Wildman–Crippen MR) is 84.7 cm³/mol. The first kappa shape index (κ1) is 16.9. The van der Waals surface area contributed by atoms with E-state index in [4.69, 9.17) is 5.73 Å². The zero-order valence-electron chi connectivity index (χ0n) is 12.8. The lowest BCUT2D eigenvalue weighted by molar-refractivity contribution is -0.131. The molecule has 1 saturated heterocycles. The summed E-state index contributed by atoms with van der Waals surface area (Å²) in [6.45, 7) is 3.53. The van der Waals surface area contributed by atoms with Crippen LogP contribution in [0, 0.1) is 0 Å². The Labute approximate surface area is 131 Å². The van der Waals surface area contributed by atoms with E-state index in [2.05, 4.69) is 0 Å². The van der Waals surface area contributed by atoms with E-state index in [9.17, 15) is 13.2 Å². The number of nitrogens with zero attached hydrogens (tertiary/aromatic N) is 2. The Kier molecular flexibility index (Phi) is 5.55. The molecule has 0 saturated carbocycles. The number of hydrogen-bond acceptors (Lipinski definition) is 4. The topological polar surface area (TPSA) is 83.7 Å². The highest BCUT2D eigenvalue weighted by Gasteiger charge is 2.28. The summed E-state index contributed by atoms with van der Waals surface area (Å²) in [5.41, 5.74) is 5.66. The van der Waals surface area contributed by atoms with Crippen molar-refractivity contribution in [3.63, 3.8) is 0 Å². The van der Waals surface area contributed by atoms with Crippen molar-refractivity contribution in [1.29, 1.82) is 0 Å². The van der Waals surface area contributed by atoms with Crippen LogP contribution < -0.4 is 5.73 Å². The molecule has 1 aliphatic rings. The van der Waals surface area contributed by atoms with Crippen LogP contribution in [0.25, 0.3) is 0 Å². The van der Waals surface area contributed by atoms with Gasteiger partial charge in [-0.05, 0) is 25.5 Å². The summed E-state index contributed by atoms with van der Waals surface area (Å²) in [6, 6.07) is 8.22. The highest BCUT2D eigenvalue weighted by molar-refractivity contribution is 7.89. The molecule has 0 aromatic heterocycles. The molecule has 1 aromatic rings. The minimum atomic E-state index is -3.49. The van der Waals surface area contributed by atoms with Gasteiger partial charge in [-0.15, -0.1) is 0 Å². The lowest BCUT2D eigenvalue weighted by Gasteiger charge is -2.22. The largest absolute Gasteiger partial charge is 0.341 e. The minimum Gasteiger partial charge on any atom is -0.341 e. The third-order valence-electron chi connectivity index (χ3n) is 3.69. The molecule has 0 aliphatic carbocycles. The molecule has 7 heteroatoms. The smallest absolute Gasteiger partial charge is 0.243 e. The zero-order chi connectivity index (χ0) is 16.2. The predicted octanol–water partition coefficient (Wildman–Crippen LogP) is 0.647. The van der Waals surface area contributed by atoms with Crippen LogP contribution in [0.4, 0.5) is 0 Å². The maximum atomic E-state index is 12.6. The van der Waals surface area contributed by atoms with Crippen LogP contribution in [0.2, 0.25) is 0 Å². The van der Waals surface area contributed by atoms with E-state index >= 15 is 0 Å². The molecule has 0 bridgehead atoms. The van der Waals surface area contributed by atoms with Crippen LogP contribution in [0.1, 0.15) is 19.8 Å². The van der Waals surface area contributed by atoms with Gasteiger partial charge in [-0.1, -0.05) is 18.2 Å². The van der Waals surface area contributed by atoms with Crippen molar-refractivity contribution in [2.24, 2.45) is 5.73 Å². The van der Waals surface area contributed by atoms with Crippen LogP contribution >= 0.6 is 0 Å². The molecular weight excluding hydrogens is 302 g/mol. The standard InChI is InChI=1S/C15H23N3O3S/c1-13(16)12-15(19)17-8-5-9-18(11-10-17)22(20,21)14-6-3-2-4-7-14/h2-4,6-7,13H,5,8-12,16H2,1H3. The summed E-state index contributed by atoms with van der Waals surface area (Å²) >= 11 is 0. The maximum Gasteiger partial charge on any atom is 0.243 e. The fraction of sp³-hybridized carbons (Fsp3) is 0.533. The van der Waals surface area contributed by atoms with Gasteiger partial charge in [-0.25, -0.2) is 8.42 Å². The fourth-order valence-corrected chi connectivity index (χ4v) is 4.02.